The Labute approximate surface area is 97.6 Å². The highest BCUT2D eigenvalue weighted by molar-refractivity contribution is 6.42. The van der Waals surface area contributed by atoms with Crippen LogP contribution in [0.2, 0.25) is 10.0 Å². The summed E-state index contributed by atoms with van der Waals surface area (Å²) in [6, 6.07) is 2.76. The summed E-state index contributed by atoms with van der Waals surface area (Å²) in [5.41, 5.74) is 0.405. The van der Waals surface area contributed by atoms with Gasteiger partial charge in [0.25, 0.3) is 0 Å². The first kappa shape index (κ1) is 12.1. The van der Waals surface area contributed by atoms with Crippen LogP contribution in [0.5, 0.6) is 5.75 Å². The normalized spacial score (nSPS) is 10.1. The van der Waals surface area contributed by atoms with Gasteiger partial charge in [-0.2, -0.15) is 0 Å². The molecule has 0 atom stereocenters. The van der Waals surface area contributed by atoms with Crippen molar-refractivity contribution in [3.63, 3.8) is 0 Å². The van der Waals surface area contributed by atoms with Crippen molar-refractivity contribution in [2.45, 2.75) is 13.3 Å². The summed E-state index contributed by atoms with van der Waals surface area (Å²) in [5.74, 6) is -0.469. The molecular weight excluding hydrogens is 239 g/mol. The second-order valence-electron chi connectivity index (χ2n) is 2.88. The Kier molecular flexibility index (Phi) is 4.24. The third kappa shape index (κ3) is 3.29. The predicted molar refractivity (Wildman–Crippen MR) is 58.5 cm³/mol. The van der Waals surface area contributed by atoms with Crippen molar-refractivity contribution in [1.29, 1.82) is 0 Å². The van der Waals surface area contributed by atoms with Crippen molar-refractivity contribution in [3.05, 3.63) is 27.7 Å². The maximum absolute atomic E-state index is 11.2. The highest BCUT2D eigenvalue weighted by Crippen LogP contribution is 2.30. The average molecular weight is 249 g/mol. The molecule has 0 radical (unpaired) electrons. The molecule has 0 bridgehead atoms. The number of esters is 1. The molecule has 82 valence electrons. The first-order valence-corrected chi connectivity index (χ1v) is 5.12. The second kappa shape index (κ2) is 5.24. The molecule has 0 unspecified atom stereocenters. The highest BCUT2D eigenvalue weighted by Gasteiger charge is 2.11. The number of rotatable bonds is 3. The van der Waals surface area contributed by atoms with E-state index < -0.39 is 5.97 Å². The Morgan fingerprint density at radius 1 is 1.40 bits per heavy atom. The smallest absolute Gasteiger partial charge is 0.310 e. The molecule has 0 heterocycles. The fourth-order valence-corrected chi connectivity index (χ4v) is 1.43. The Morgan fingerprint density at radius 3 is 2.60 bits per heavy atom. The van der Waals surface area contributed by atoms with Gasteiger partial charge in [-0.3, -0.25) is 4.79 Å². The molecule has 0 aromatic heterocycles. The van der Waals surface area contributed by atoms with Gasteiger partial charge in [-0.25, -0.2) is 0 Å². The molecule has 0 aliphatic carbocycles. The SMILES string of the molecule is CCOC(=O)Cc1cc(Cl)c(Cl)cc1O. The number of ether oxygens (including phenoxy) is 1. The lowest BCUT2D eigenvalue weighted by atomic mass is 10.1. The van der Waals surface area contributed by atoms with Crippen LogP contribution in [-0.2, 0) is 16.0 Å². The van der Waals surface area contributed by atoms with Crippen LogP contribution in [0.4, 0.5) is 0 Å². The largest absolute Gasteiger partial charge is 0.508 e. The van der Waals surface area contributed by atoms with E-state index in [1.54, 1.807) is 6.92 Å². The van der Waals surface area contributed by atoms with Crippen molar-refractivity contribution in [1.82, 2.24) is 0 Å². The summed E-state index contributed by atoms with van der Waals surface area (Å²) in [7, 11) is 0. The minimum absolute atomic E-state index is 0.0173. The van der Waals surface area contributed by atoms with Crippen LogP contribution in [0, 0.1) is 0 Å². The molecular formula is C10H10Cl2O3. The van der Waals surface area contributed by atoms with E-state index in [0.717, 1.165) is 0 Å². The van der Waals surface area contributed by atoms with Crippen LogP contribution in [-0.4, -0.2) is 17.7 Å². The fourth-order valence-electron chi connectivity index (χ4n) is 1.09. The molecule has 0 aliphatic rings. The monoisotopic (exact) mass is 248 g/mol. The summed E-state index contributed by atoms with van der Waals surface area (Å²) in [4.78, 5) is 11.2. The van der Waals surface area contributed by atoms with E-state index in [4.69, 9.17) is 27.9 Å². The van der Waals surface area contributed by atoms with Crippen LogP contribution in [0.1, 0.15) is 12.5 Å². The van der Waals surface area contributed by atoms with Gasteiger partial charge < -0.3 is 9.84 Å². The molecule has 3 nitrogen and oxygen atoms in total. The Bertz CT molecular complexity index is 377. The number of phenolic OH excluding ortho intramolecular Hbond substituents is 1. The third-order valence-electron chi connectivity index (χ3n) is 1.76. The number of aromatic hydroxyl groups is 1. The summed E-state index contributed by atoms with van der Waals surface area (Å²) >= 11 is 11.4. The molecule has 0 saturated heterocycles. The van der Waals surface area contributed by atoms with Gasteiger partial charge in [-0.05, 0) is 13.0 Å². The van der Waals surface area contributed by atoms with E-state index in [1.165, 1.54) is 12.1 Å². The van der Waals surface area contributed by atoms with Crippen molar-refractivity contribution in [3.8, 4) is 5.75 Å². The number of hydrogen-bond donors (Lipinski definition) is 1. The Morgan fingerprint density at radius 2 is 2.00 bits per heavy atom. The molecule has 15 heavy (non-hydrogen) atoms. The lowest BCUT2D eigenvalue weighted by Gasteiger charge is -2.06. The molecule has 1 N–H and O–H groups in total. The first-order chi connectivity index (χ1) is 7.04. The van der Waals surface area contributed by atoms with Crippen LogP contribution in [0.3, 0.4) is 0 Å². The number of hydrogen-bond acceptors (Lipinski definition) is 3. The zero-order chi connectivity index (χ0) is 11.4. The second-order valence-corrected chi connectivity index (χ2v) is 3.69. The number of carbonyl (C=O) groups is 1. The predicted octanol–water partition coefficient (Wildman–Crippen LogP) is 2.80. The quantitative estimate of drug-likeness (QED) is 0.838. The van der Waals surface area contributed by atoms with E-state index in [2.05, 4.69) is 0 Å². The van der Waals surface area contributed by atoms with E-state index in [0.29, 0.717) is 17.2 Å². The number of phenols is 1. The van der Waals surface area contributed by atoms with Crippen molar-refractivity contribution < 1.29 is 14.6 Å². The van der Waals surface area contributed by atoms with Crippen LogP contribution in [0.15, 0.2) is 12.1 Å². The molecule has 0 fully saturated rings. The maximum Gasteiger partial charge on any atom is 0.310 e. The molecule has 1 aromatic carbocycles. The topological polar surface area (TPSA) is 46.5 Å². The van der Waals surface area contributed by atoms with E-state index >= 15 is 0 Å². The van der Waals surface area contributed by atoms with E-state index in [-0.39, 0.29) is 17.2 Å². The minimum atomic E-state index is -0.411. The summed E-state index contributed by atoms with van der Waals surface area (Å²) < 4.78 is 4.74. The first-order valence-electron chi connectivity index (χ1n) is 4.37. The number of carbonyl (C=O) groups excluding carboxylic acids is 1. The summed E-state index contributed by atoms with van der Waals surface area (Å²) in [5, 5.41) is 10.0. The van der Waals surface area contributed by atoms with Gasteiger partial charge in [-0.1, -0.05) is 23.2 Å². The molecule has 0 saturated carbocycles. The third-order valence-corrected chi connectivity index (χ3v) is 2.48. The van der Waals surface area contributed by atoms with Gasteiger partial charge in [-0.15, -0.1) is 0 Å². The maximum atomic E-state index is 11.2. The molecule has 1 aromatic rings. The van der Waals surface area contributed by atoms with Crippen molar-refractivity contribution in [2.75, 3.05) is 6.61 Å². The van der Waals surface area contributed by atoms with Crippen LogP contribution < -0.4 is 0 Å². The van der Waals surface area contributed by atoms with Crippen LogP contribution in [0.25, 0.3) is 0 Å². The Balaban J connectivity index is 2.86. The molecule has 5 heteroatoms. The molecule has 0 spiro atoms. The van der Waals surface area contributed by atoms with Gasteiger partial charge in [0.05, 0.1) is 23.1 Å². The fraction of sp³-hybridized carbons (Fsp3) is 0.300. The number of halogens is 2. The van der Waals surface area contributed by atoms with E-state index in [9.17, 15) is 9.90 Å². The summed E-state index contributed by atoms with van der Waals surface area (Å²) in [6.07, 6.45) is -0.0173. The molecule has 0 amide bonds. The zero-order valence-electron chi connectivity index (χ0n) is 8.09. The zero-order valence-corrected chi connectivity index (χ0v) is 9.60. The van der Waals surface area contributed by atoms with Gasteiger partial charge in [0.15, 0.2) is 0 Å². The lowest BCUT2D eigenvalue weighted by molar-refractivity contribution is -0.142. The standard InChI is InChI=1S/C10H10Cl2O3/c1-2-15-10(14)4-6-3-7(11)8(12)5-9(6)13/h3,5,13H,2,4H2,1H3. The van der Waals surface area contributed by atoms with Gasteiger partial charge in [0, 0.05) is 11.6 Å². The van der Waals surface area contributed by atoms with E-state index in [1.807, 2.05) is 0 Å². The van der Waals surface area contributed by atoms with Gasteiger partial charge >= 0.3 is 5.97 Å². The van der Waals surface area contributed by atoms with Gasteiger partial charge in [0.1, 0.15) is 5.75 Å². The van der Waals surface area contributed by atoms with Crippen LogP contribution >= 0.6 is 23.2 Å². The van der Waals surface area contributed by atoms with Crippen molar-refractivity contribution >= 4 is 29.2 Å². The van der Waals surface area contributed by atoms with Gasteiger partial charge in [0.2, 0.25) is 0 Å². The highest BCUT2D eigenvalue weighted by atomic mass is 35.5. The molecule has 1 rings (SSSR count). The number of benzene rings is 1. The van der Waals surface area contributed by atoms with Crippen molar-refractivity contribution in [2.24, 2.45) is 0 Å². The minimum Gasteiger partial charge on any atom is -0.508 e. The average Bonchev–Trinajstić information content (AvgIpc) is 2.14. The lowest BCUT2D eigenvalue weighted by Crippen LogP contribution is -2.07. The molecule has 0 aliphatic heterocycles. The summed E-state index contributed by atoms with van der Waals surface area (Å²) in [6.45, 7) is 2.02. The Hall–Kier alpha value is -0.930.